The minimum atomic E-state index is -0.603. The van der Waals surface area contributed by atoms with E-state index in [9.17, 15) is 9.59 Å². The van der Waals surface area contributed by atoms with Crippen LogP contribution >= 0.6 is 0 Å². The summed E-state index contributed by atoms with van der Waals surface area (Å²) in [7, 11) is 0. The summed E-state index contributed by atoms with van der Waals surface area (Å²) in [4.78, 5) is 36.3. The second-order valence-corrected chi connectivity index (χ2v) is 9.74. The van der Waals surface area contributed by atoms with Crippen molar-refractivity contribution in [2.75, 3.05) is 6.54 Å². The second kappa shape index (κ2) is 8.61. The van der Waals surface area contributed by atoms with Crippen molar-refractivity contribution in [3.63, 3.8) is 0 Å². The Bertz CT molecular complexity index is 1050. The molecule has 3 aliphatic rings. The fourth-order valence-corrected chi connectivity index (χ4v) is 5.60. The molecule has 2 aromatic rings. The Balaban J connectivity index is 1.34. The first kappa shape index (κ1) is 21.6. The van der Waals surface area contributed by atoms with Gasteiger partial charge in [0.05, 0.1) is 12.0 Å². The van der Waals surface area contributed by atoms with Gasteiger partial charge in [0, 0.05) is 30.9 Å². The van der Waals surface area contributed by atoms with Crippen LogP contribution in [0.4, 0.5) is 4.79 Å². The Kier molecular flexibility index (Phi) is 5.64. The van der Waals surface area contributed by atoms with Crippen LogP contribution in [0.15, 0.2) is 60.4 Å². The van der Waals surface area contributed by atoms with Crippen LogP contribution in [-0.2, 0) is 9.53 Å². The number of nitrogens with one attached hydrogen (secondary N) is 1. The van der Waals surface area contributed by atoms with Gasteiger partial charge in [0.25, 0.3) is 0 Å². The van der Waals surface area contributed by atoms with Crippen molar-refractivity contribution in [1.82, 2.24) is 20.2 Å². The van der Waals surface area contributed by atoms with Crippen molar-refractivity contribution in [3.8, 4) is 0 Å². The maximum atomic E-state index is 12.9. The number of amides is 2. The molecule has 7 nitrogen and oxygen atoms in total. The normalized spacial score (nSPS) is 29.3. The standard InChI is InChI=1S/C26H30N4O3/c1-26(2)22(18-7-4-3-5-8-18)30(25(32)33-26)20-11-9-17(10-12-20)21-15-19(16-29-24(21)31)23-27-13-6-14-28-23/h3-9,13-14,19-22H,10-12,15-16H2,1-2H3,(H,29,31)/t19?,20-,21?,22-/m0/s1. The number of carbonyl (C=O) groups is 2. The summed E-state index contributed by atoms with van der Waals surface area (Å²) in [5.41, 5.74) is 1.64. The minimum Gasteiger partial charge on any atom is -0.441 e. The van der Waals surface area contributed by atoms with Crippen LogP contribution in [0.5, 0.6) is 0 Å². The van der Waals surface area contributed by atoms with Gasteiger partial charge in [-0.15, -0.1) is 0 Å². The number of hydrogen-bond donors (Lipinski definition) is 1. The Morgan fingerprint density at radius 3 is 2.55 bits per heavy atom. The van der Waals surface area contributed by atoms with Crippen molar-refractivity contribution < 1.29 is 14.3 Å². The van der Waals surface area contributed by atoms with E-state index in [1.165, 1.54) is 0 Å². The number of rotatable bonds is 4. The van der Waals surface area contributed by atoms with Crippen molar-refractivity contribution in [3.05, 3.63) is 71.8 Å². The average Bonchev–Trinajstić information content (AvgIpc) is 3.08. The first-order valence-corrected chi connectivity index (χ1v) is 11.7. The number of aromatic nitrogens is 2. The van der Waals surface area contributed by atoms with Gasteiger partial charge >= 0.3 is 6.09 Å². The summed E-state index contributed by atoms with van der Waals surface area (Å²) in [5, 5.41) is 3.05. The van der Waals surface area contributed by atoms with E-state index in [1.807, 2.05) is 36.9 Å². The molecule has 0 spiro atoms. The van der Waals surface area contributed by atoms with Crippen LogP contribution in [0, 0.1) is 5.92 Å². The lowest BCUT2D eigenvalue weighted by Gasteiger charge is -2.37. The van der Waals surface area contributed by atoms with E-state index in [0.29, 0.717) is 6.54 Å². The molecule has 2 amide bonds. The molecule has 2 saturated heterocycles. The maximum absolute atomic E-state index is 12.9. The molecular formula is C26H30N4O3. The summed E-state index contributed by atoms with van der Waals surface area (Å²) < 4.78 is 5.79. The van der Waals surface area contributed by atoms with E-state index >= 15 is 0 Å². The Hall–Kier alpha value is -3.22. The molecule has 0 bridgehead atoms. The van der Waals surface area contributed by atoms with Crippen LogP contribution in [0.3, 0.4) is 0 Å². The molecule has 1 N–H and O–H groups in total. The molecule has 0 radical (unpaired) electrons. The molecule has 2 unspecified atom stereocenters. The van der Waals surface area contributed by atoms with Gasteiger partial charge in [-0.2, -0.15) is 0 Å². The number of cyclic esters (lactones) is 1. The van der Waals surface area contributed by atoms with Crippen molar-refractivity contribution in [2.45, 2.75) is 63.1 Å². The molecule has 172 valence electrons. The molecule has 2 fully saturated rings. The fourth-order valence-electron chi connectivity index (χ4n) is 5.60. The number of hydrogen-bond acceptors (Lipinski definition) is 5. The zero-order valence-electron chi connectivity index (χ0n) is 19.1. The lowest BCUT2D eigenvalue weighted by Crippen LogP contribution is -2.44. The highest BCUT2D eigenvalue weighted by molar-refractivity contribution is 5.82. The highest BCUT2D eigenvalue weighted by atomic mass is 16.6. The average molecular weight is 447 g/mol. The third kappa shape index (κ3) is 4.12. The SMILES string of the molecule is CC1(C)OC(=O)N([C@H]2CC=C(C3CC(c4ncccn4)CNC3=O)CC2)[C@H]1c1ccccc1. The van der Waals surface area contributed by atoms with Crippen LogP contribution in [0.2, 0.25) is 0 Å². The Labute approximate surface area is 194 Å². The zero-order chi connectivity index (χ0) is 23.0. The quantitative estimate of drug-likeness (QED) is 0.714. The van der Waals surface area contributed by atoms with Gasteiger partial charge in [0.1, 0.15) is 11.4 Å². The smallest absolute Gasteiger partial charge is 0.411 e. The summed E-state index contributed by atoms with van der Waals surface area (Å²) in [5.74, 6) is 0.810. The van der Waals surface area contributed by atoms with Gasteiger partial charge < -0.3 is 10.1 Å². The third-order valence-corrected chi connectivity index (χ3v) is 7.18. The first-order valence-electron chi connectivity index (χ1n) is 11.7. The van der Waals surface area contributed by atoms with Gasteiger partial charge in [0.15, 0.2) is 0 Å². The lowest BCUT2D eigenvalue weighted by molar-refractivity contribution is -0.125. The first-order chi connectivity index (χ1) is 15.9. The molecule has 1 aromatic heterocycles. The zero-order valence-corrected chi connectivity index (χ0v) is 19.1. The van der Waals surface area contributed by atoms with E-state index in [-0.39, 0.29) is 35.9 Å². The summed E-state index contributed by atoms with van der Waals surface area (Å²) in [6.45, 7) is 4.53. The molecule has 2 aliphatic heterocycles. The van der Waals surface area contributed by atoms with Crippen molar-refractivity contribution >= 4 is 12.0 Å². The van der Waals surface area contributed by atoms with E-state index in [4.69, 9.17) is 4.74 Å². The summed E-state index contributed by atoms with van der Waals surface area (Å²) in [6, 6.07) is 11.8. The van der Waals surface area contributed by atoms with Crippen LogP contribution < -0.4 is 5.32 Å². The van der Waals surface area contributed by atoms with Crippen LogP contribution in [-0.4, -0.2) is 45.1 Å². The van der Waals surface area contributed by atoms with Gasteiger partial charge in [-0.25, -0.2) is 14.8 Å². The van der Waals surface area contributed by atoms with Gasteiger partial charge in [0.2, 0.25) is 5.91 Å². The van der Waals surface area contributed by atoms with E-state index in [0.717, 1.165) is 42.6 Å². The summed E-state index contributed by atoms with van der Waals surface area (Å²) >= 11 is 0. The maximum Gasteiger partial charge on any atom is 0.411 e. The monoisotopic (exact) mass is 446 g/mol. The molecule has 0 saturated carbocycles. The molecule has 5 rings (SSSR count). The van der Waals surface area contributed by atoms with Crippen molar-refractivity contribution in [2.24, 2.45) is 5.92 Å². The van der Waals surface area contributed by atoms with E-state index < -0.39 is 5.60 Å². The molecular weight excluding hydrogens is 416 g/mol. The fraction of sp³-hybridized carbons (Fsp3) is 0.462. The van der Waals surface area contributed by atoms with E-state index in [1.54, 1.807) is 18.5 Å². The molecule has 33 heavy (non-hydrogen) atoms. The van der Waals surface area contributed by atoms with Gasteiger partial charge in [-0.05, 0) is 51.2 Å². The highest BCUT2D eigenvalue weighted by Crippen LogP contribution is 2.45. The lowest BCUT2D eigenvalue weighted by atomic mass is 9.78. The third-order valence-electron chi connectivity index (χ3n) is 7.18. The highest BCUT2D eigenvalue weighted by Gasteiger charge is 2.51. The predicted molar refractivity (Wildman–Crippen MR) is 123 cm³/mol. The van der Waals surface area contributed by atoms with Gasteiger partial charge in [-0.1, -0.05) is 42.0 Å². The largest absolute Gasteiger partial charge is 0.441 e. The number of carbonyl (C=O) groups excluding carboxylic acids is 2. The molecule has 7 heteroatoms. The van der Waals surface area contributed by atoms with Crippen LogP contribution in [0.1, 0.15) is 62.9 Å². The van der Waals surface area contributed by atoms with Gasteiger partial charge in [-0.3, -0.25) is 9.69 Å². The molecule has 3 heterocycles. The topological polar surface area (TPSA) is 84.4 Å². The van der Waals surface area contributed by atoms with Crippen LogP contribution in [0.25, 0.3) is 0 Å². The van der Waals surface area contributed by atoms with Crippen molar-refractivity contribution in [1.29, 1.82) is 0 Å². The Morgan fingerprint density at radius 1 is 1.09 bits per heavy atom. The van der Waals surface area contributed by atoms with E-state index in [2.05, 4.69) is 33.5 Å². The molecule has 1 aliphatic carbocycles. The number of benzene rings is 1. The molecule has 1 aromatic carbocycles. The predicted octanol–water partition coefficient (Wildman–Crippen LogP) is 4.15. The number of ether oxygens (including phenoxy) is 1. The number of piperidine rings is 1. The minimum absolute atomic E-state index is 0.0492. The summed E-state index contributed by atoms with van der Waals surface area (Å²) in [6.07, 6.45) is 8.46. The second-order valence-electron chi connectivity index (χ2n) is 9.74. The molecule has 4 atom stereocenters. The number of nitrogens with zero attached hydrogens (tertiary/aromatic N) is 3. The Morgan fingerprint density at radius 2 is 1.85 bits per heavy atom.